The van der Waals surface area contributed by atoms with E-state index in [2.05, 4.69) is 20.9 Å². The van der Waals surface area contributed by atoms with Crippen LogP contribution < -0.4 is 16.0 Å². The first kappa shape index (κ1) is 19.8. The normalized spacial score (nSPS) is 11.3. The first-order chi connectivity index (χ1) is 12.4. The number of benzene rings is 1. The molecule has 1 amide bonds. The molecule has 0 unspecified atom stereocenters. The molecular formula is C17H19F3N4OS. The molecule has 3 N–H and O–H groups in total. The third-order valence-corrected chi connectivity index (χ3v) is 4.26. The SMILES string of the molecule is CCNC(=NCC(=O)Nc1ccc(F)c(F)c1F)NCc1ccc(C)s1. The van der Waals surface area contributed by atoms with Gasteiger partial charge in [0, 0.05) is 16.3 Å². The average Bonchev–Trinajstić information content (AvgIpc) is 3.03. The van der Waals surface area contributed by atoms with Crippen LogP contribution in [0.25, 0.3) is 0 Å². The smallest absolute Gasteiger partial charge is 0.246 e. The highest BCUT2D eigenvalue weighted by Gasteiger charge is 2.15. The molecule has 1 heterocycles. The lowest BCUT2D eigenvalue weighted by atomic mass is 10.3. The van der Waals surface area contributed by atoms with Gasteiger partial charge in [0.1, 0.15) is 6.54 Å². The highest BCUT2D eigenvalue weighted by atomic mass is 32.1. The summed E-state index contributed by atoms with van der Waals surface area (Å²) in [5.74, 6) is -4.63. The Balaban J connectivity index is 1.95. The van der Waals surface area contributed by atoms with Crippen molar-refractivity contribution in [3.8, 4) is 0 Å². The van der Waals surface area contributed by atoms with Gasteiger partial charge in [-0.2, -0.15) is 0 Å². The van der Waals surface area contributed by atoms with Crippen LogP contribution in [-0.4, -0.2) is 25.0 Å². The summed E-state index contributed by atoms with van der Waals surface area (Å²) in [5.41, 5.74) is -0.434. The van der Waals surface area contributed by atoms with E-state index in [1.165, 1.54) is 4.88 Å². The molecule has 0 bridgehead atoms. The summed E-state index contributed by atoms with van der Waals surface area (Å²) in [5, 5.41) is 8.24. The standard InChI is InChI=1S/C17H19F3N4OS/c1-3-21-17(22-8-11-5-4-10(2)26-11)23-9-14(25)24-13-7-6-12(18)15(19)16(13)20/h4-7H,3,8-9H2,1-2H3,(H,24,25)(H2,21,22,23). The second kappa shape index (κ2) is 9.23. The Labute approximate surface area is 153 Å². The molecule has 2 rings (SSSR count). The average molecular weight is 384 g/mol. The zero-order valence-electron chi connectivity index (χ0n) is 14.3. The molecule has 5 nitrogen and oxygen atoms in total. The van der Waals surface area contributed by atoms with Crippen LogP contribution in [0.15, 0.2) is 29.3 Å². The monoisotopic (exact) mass is 384 g/mol. The molecule has 0 aliphatic heterocycles. The number of rotatable bonds is 6. The summed E-state index contributed by atoms with van der Waals surface area (Å²) in [6.07, 6.45) is 0. The van der Waals surface area contributed by atoms with Gasteiger partial charge in [-0.15, -0.1) is 11.3 Å². The molecule has 1 aromatic carbocycles. The van der Waals surface area contributed by atoms with Crippen molar-refractivity contribution in [1.29, 1.82) is 0 Å². The summed E-state index contributed by atoms with van der Waals surface area (Å²) >= 11 is 1.65. The lowest BCUT2D eigenvalue weighted by Crippen LogP contribution is -2.37. The zero-order valence-corrected chi connectivity index (χ0v) is 15.1. The molecule has 140 valence electrons. The minimum atomic E-state index is -1.63. The Kier molecular flexibility index (Phi) is 7.02. The van der Waals surface area contributed by atoms with Crippen molar-refractivity contribution in [1.82, 2.24) is 10.6 Å². The predicted octanol–water partition coefficient (Wildman–Crippen LogP) is 3.17. The number of aryl methyl sites for hydroxylation is 1. The van der Waals surface area contributed by atoms with Gasteiger partial charge in [-0.25, -0.2) is 18.2 Å². The van der Waals surface area contributed by atoms with Crippen LogP contribution in [0.4, 0.5) is 18.9 Å². The maximum Gasteiger partial charge on any atom is 0.246 e. The lowest BCUT2D eigenvalue weighted by molar-refractivity contribution is -0.114. The van der Waals surface area contributed by atoms with Crippen molar-refractivity contribution in [2.24, 2.45) is 4.99 Å². The maximum absolute atomic E-state index is 13.6. The van der Waals surface area contributed by atoms with Gasteiger partial charge in [0.25, 0.3) is 0 Å². The Morgan fingerprint density at radius 2 is 1.88 bits per heavy atom. The molecule has 0 radical (unpaired) electrons. The number of thiophene rings is 1. The molecule has 2 aromatic rings. The van der Waals surface area contributed by atoms with E-state index in [1.54, 1.807) is 11.3 Å². The Bertz CT molecular complexity index is 807. The Hall–Kier alpha value is -2.55. The lowest BCUT2D eigenvalue weighted by Gasteiger charge is -2.11. The first-order valence-electron chi connectivity index (χ1n) is 7.91. The second-order valence-corrected chi connectivity index (χ2v) is 6.70. The molecule has 0 saturated heterocycles. The van der Waals surface area contributed by atoms with E-state index in [4.69, 9.17) is 0 Å². The fraction of sp³-hybridized carbons (Fsp3) is 0.294. The van der Waals surface area contributed by atoms with Gasteiger partial charge >= 0.3 is 0 Å². The fourth-order valence-corrected chi connectivity index (χ4v) is 2.89. The summed E-state index contributed by atoms with van der Waals surface area (Å²) in [7, 11) is 0. The van der Waals surface area contributed by atoms with Gasteiger partial charge in [0.15, 0.2) is 23.4 Å². The molecule has 9 heteroatoms. The minimum absolute atomic E-state index is 0.308. The van der Waals surface area contributed by atoms with Crippen molar-refractivity contribution in [2.45, 2.75) is 20.4 Å². The van der Waals surface area contributed by atoms with E-state index in [1.807, 2.05) is 26.0 Å². The van der Waals surface area contributed by atoms with Crippen LogP contribution in [0.3, 0.4) is 0 Å². The van der Waals surface area contributed by atoms with E-state index in [0.717, 1.165) is 17.0 Å². The molecule has 26 heavy (non-hydrogen) atoms. The molecule has 0 fully saturated rings. The number of anilines is 1. The largest absolute Gasteiger partial charge is 0.357 e. The van der Waals surface area contributed by atoms with Gasteiger partial charge in [-0.3, -0.25) is 4.79 Å². The van der Waals surface area contributed by atoms with Gasteiger partial charge in [-0.05, 0) is 38.1 Å². The highest BCUT2D eigenvalue weighted by Crippen LogP contribution is 2.19. The molecule has 0 aliphatic carbocycles. The van der Waals surface area contributed by atoms with Crippen molar-refractivity contribution in [2.75, 3.05) is 18.4 Å². The van der Waals surface area contributed by atoms with Crippen LogP contribution in [-0.2, 0) is 11.3 Å². The zero-order chi connectivity index (χ0) is 19.1. The molecule has 0 atom stereocenters. The molecule has 0 saturated carbocycles. The number of hydrogen-bond acceptors (Lipinski definition) is 3. The second-order valence-electron chi connectivity index (χ2n) is 5.33. The molecule has 1 aromatic heterocycles. The van der Waals surface area contributed by atoms with Crippen molar-refractivity contribution in [3.05, 3.63) is 51.5 Å². The number of nitrogens with zero attached hydrogens (tertiary/aromatic N) is 1. The number of hydrogen-bond donors (Lipinski definition) is 3. The number of amides is 1. The van der Waals surface area contributed by atoms with Crippen LogP contribution >= 0.6 is 11.3 Å². The fourth-order valence-electron chi connectivity index (χ4n) is 2.06. The van der Waals surface area contributed by atoms with Crippen molar-refractivity contribution >= 4 is 28.9 Å². The molecule has 0 spiro atoms. The Morgan fingerprint density at radius 3 is 2.54 bits per heavy atom. The molecular weight excluding hydrogens is 365 g/mol. The van der Waals surface area contributed by atoms with Crippen LogP contribution in [0.5, 0.6) is 0 Å². The van der Waals surface area contributed by atoms with Gasteiger partial charge in [0.2, 0.25) is 5.91 Å². The van der Waals surface area contributed by atoms with Crippen LogP contribution in [0.2, 0.25) is 0 Å². The first-order valence-corrected chi connectivity index (χ1v) is 8.73. The Morgan fingerprint density at radius 1 is 1.12 bits per heavy atom. The van der Waals surface area contributed by atoms with E-state index in [0.29, 0.717) is 19.0 Å². The van der Waals surface area contributed by atoms with E-state index in [9.17, 15) is 18.0 Å². The van der Waals surface area contributed by atoms with Gasteiger partial charge < -0.3 is 16.0 Å². The summed E-state index contributed by atoms with van der Waals surface area (Å²) < 4.78 is 39.6. The highest BCUT2D eigenvalue weighted by molar-refractivity contribution is 7.11. The van der Waals surface area contributed by atoms with Crippen molar-refractivity contribution in [3.63, 3.8) is 0 Å². The van der Waals surface area contributed by atoms with Gasteiger partial charge in [-0.1, -0.05) is 0 Å². The minimum Gasteiger partial charge on any atom is -0.357 e. The summed E-state index contributed by atoms with van der Waals surface area (Å²) in [6.45, 7) is 4.72. The number of nitrogens with one attached hydrogen (secondary N) is 3. The quantitative estimate of drug-likeness (QED) is 0.407. The number of carbonyl (C=O) groups excluding carboxylic acids is 1. The number of halogens is 3. The number of aliphatic imine (C=N–C) groups is 1. The van der Waals surface area contributed by atoms with E-state index in [-0.39, 0.29) is 6.54 Å². The number of carbonyl (C=O) groups is 1. The van der Waals surface area contributed by atoms with Crippen LogP contribution in [0, 0.1) is 24.4 Å². The van der Waals surface area contributed by atoms with Crippen molar-refractivity contribution < 1.29 is 18.0 Å². The van der Waals surface area contributed by atoms with Gasteiger partial charge in [0.05, 0.1) is 12.2 Å². The third kappa shape index (κ3) is 5.48. The number of guanidine groups is 1. The maximum atomic E-state index is 13.6. The van der Waals surface area contributed by atoms with E-state index < -0.39 is 29.0 Å². The van der Waals surface area contributed by atoms with Crippen LogP contribution in [0.1, 0.15) is 16.7 Å². The molecule has 0 aliphatic rings. The predicted molar refractivity (Wildman–Crippen MR) is 96.8 cm³/mol. The summed E-state index contributed by atoms with van der Waals surface area (Å²) in [4.78, 5) is 18.3. The third-order valence-electron chi connectivity index (χ3n) is 3.26. The van der Waals surface area contributed by atoms with E-state index >= 15 is 0 Å². The summed E-state index contributed by atoms with van der Waals surface area (Å²) in [6, 6.07) is 5.70. The topological polar surface area (TPSA) is 65.5 Å².